The van der Waals surface area contributed by atoms with Gasteiger partial charge in [-0.05, 0) is 51.0 Å². The van der Waals surface area contributed by atoms with Crippen LogP contribution < -0.4 is 4.90 Å². The Balaban J connectivity index is 1.57. The molecule has 7 nitrogen and oxygen atoms in total. The Labute approximate surface area is 168 Å². The Hall–Kier alpha value is -1.48. The monoisotopic (exact) mass is 410 g/mol. The van der Waals surface area contributed by atoms with Crippen LogP contribution in [-0.4, -0.2) is 81.6 Å². The van der Waals surface area contributed by atoms with Gasteiger partial charge < -0.3 is 14.5 Å². The molecule has 1 N–H and O–H groups in total. The zero-order valence-electron chi connectivity index (χ0n) is 17.3. The van der Waals surface area contributed by atoms with Gasteiger partial charge in [-0.1, -0.05) is 6.07 Å². The molecule has 156 valence electrons. The highest BCUT2D eigenvalue weighted by Gasteiger charge is 2.33. The summed E-state index contributed by atoms with van der Waals surface area (Å²) in [6.07, 6.45) is 0.318. The van der Waals surface area contributed by atoms with Crippen LogP contribution in [-0.2, 0) is 19.6 Å². The summed E-state index contributed by atoms with van der Waals surface area (Å²) in [6, 6.07) is 5.24. The van der Waals surface area contributed by atoms with E-state index in [2.05, 4.69) is 0 Å². The van der Waals surface area contributed by atoms with Crippen molar-refractivity contribution in [3.63, 3.8) is 0 Å². The number of carbonyl (C=O) groups excluding carboxylic acids is 1. The molecule has 0 saturated carbocycles. The number of hydrogen-bond acceptors (Lipinski definition) is 4. The van der Waals surface area contributed by atoms with E-state index in [1.807, 2.05) is 33.8 Å². The van der Waals surface area contributed by atoms with Crippen LogP contribution in [0.5, 0.6) is 0 Å². The van der Waals surface area contributed by atoms with Crippen LogP contribution in [0.3, 0.4) is 0 Å². The Kier molecular flexibility index (Phi) is 6.44. The topological polar surface area (TPSA) is 71.4 Å². The molecule has 1 aromatic carbocycles. The SMILES string of the molecule is Cc1ccc(S(=O)(=O)N2CCN(C(=O)C[NH+]3C[C@@H](C)O[C@@H](C)C3)CC2)cc1C. The predicted molar refractivity (Wildman–Crippen MR) is 107 cm³/mol. The lowest BCUT2D eigenvalue weighted by Crippen LogP contribution is -3.16. The second kappa shape index (κ2) is 8.49. The van der Waals surface area contributed by atoms with Crippen molar-refractivity contribution in [1.29, 1.82) is 0 Å². The third kappa shape index (κ3) is 4.74. The number of sulfonamides is 1. The molecule has 2 saturated heterocycles. The van der Waals surface area contributed by atoms with Crippen molar-refractivity contribution in [2.75, 3.05) is 45.8 Å². The molecular formula is C20H32N3O4S+. The Bertz CT molecular complexity index is 809. The predicted octanol–water partition coefficient (Wildman–Crippen LogP) is -0.172. The molecule has 2 heterocycles. The fourth-order valence-corrected chi connectivity index (χ4v) is 5.57. The molecule has 0 aliphatic carbocycles. The van der Waals surface area contributed by atoms with Crippen LogP contribution in [0.1, 0.15) is 25.0 Å². The van der Waals surface area contributed by atoms with Crippen LogP contribution >= 0.6 is 0 Å². The zero-order chi connectivity index (χ0) is 20.5. The molecule has 2 fully saturated rings. The smallest absolute Gasteiger partial charge is 0.277 e. The van der Waals surface area contributed by atoms with Gasteiger partial charge in [-0.3, -0.25) is 4.79 Å². The number of hydrogen-bond donors (Lipinski definition) is 1. The normalized spacial score (nSPS) is 27.0. The van der Waals surface area contributed by atoms with Gasteiger partial charge in [0.15, 0.2) is 6.54 Å². The number of ether oxygens (including phenoxy) is 1. The molecular weight excluding hydrogens is 378 g/mol. The second-order valence-corrected chi connectivity index (χ2v) is 10.1. The van der Waals surface area contributed by atoms with Gasteiger partial charge in [0.05, 0.1) is 4.90 Å². The van der Waals surface area contributed by atoms with Crippen LogP contribution in [0.4, 0.5) is 0 Å². The summed E-state index contributed by atoms with van der Waals surface area (Å²) in [4.78, 5) is 16.0. The van der Waals surface area contributed by atoms with E-state index in [9.17, 15) is 13.2 Å². The number of morpholine rings is 1. The molecule has 0 spiro atoms. The van der Waals surface area contributed by atoms with Crippen molar-refractivity contribution in [2.24, 2.45) is 0 Å². The van der Waals surface area contributed by atoms with Crippen molar-refractivity contribution in [3.05, 3.63) is 29.3 Å². The molecule has 1 aromatic rings. The summed E-state index contributed by atoms with van der Waals surface area (Å²) in [5.41, 5.74) is 2.04. The molecule has 8 heteroatoms. The number of nitrogens with one attached hydrogen (secondary N) is 1. The molecule has 2 aliphatic rings. The maximum atomic E-state index is 12.9. The van der Waals surface area contributed by atoms with E-state index < -0.39 is 10.0 Å². The summed E-state index contributed by atoms with van der Waals surface area (Å²) in [6.45, 7) is 11.6. The fourth-order valence-electron chi connectivity index (χ4n) is 4.06. The number of aryl methyl sites for hydroxylation is 2. The highest BCUT2D eigenvalue weighted by Crippen LogP contribution is 2.20. The van der Waals surface area contributed by atoms with Gasteiger partial charge in [0.2, 0.25) is 10.0 Å². The van der Waals surface area contributed by atoms with Crippen LogP contribution in [0.2, 0.25) is 0 Å². The number of carbonyl (C=O) groups is 1. The number of piperazine rings is 1. The van der Waals surface area contributed by atoms with Crippen molar-refractivity contribution in [2.45, 2.75) is 44.8 Å². The van der Waals surface area contributed by atoms with Crippen molar-refractivity contribution in [3.8, 4) is 0 Å². The minimum absolute atomic E-state index is 0.0968. The van der Waals surface area contributed by atoms with Crippen LogP contribution in [0, 0.1) is 13.8 Å². The van der Waals surface area contributed by atoms with Gasteiger partial charge in [-0.25, -0.2) is 8.42 Å². The van der Waals surface area contributed by atoms with E-state index >= 15 is 0 Å². The first-order chi connectivity index (χ1) is 13.2. The Morgan fingerprint density at radius 2 is 1.68 bits per heavy atom. The quantitative estimate of drug-likeness (QED) is 0.748. The number of quaternary nitrogens is 1. The number of amides is 1. The third-order valence-corrected chi connectivity index (χ3v) is 7.62. The maximum Gasteiger partial charge on any atom is 0.277 e. The largest absolute Gasteiger partial charge is 0.364 e. The van der Waals surface area contributed by atoms with Gasteiger partial charge in [-0.2, -0.15) is 4.31 Å². The average Bonchev–Trinajstić information content (AvgIpc) is 2.63. The first-order valence-electron chi connectivity index (χ1n) is 10.0. The molecule has 0 bridgehead atoms. The van der Waals surface area contributed by atoms with Crippen molar-refractivity contribution < 1.29 is 22.8 Å². The number of benzene rings is 1. The van der Waals surface area contributed by atoms with E-state index in [4.69, 9.17) is 4.74 Å². The molecule has 1 amide bonds. The van der Waals surface area contributed by atoms with E-state index in [1.54, 1.807) is 17.0 Å². The lowest BCUT2D eigenvalue weighted by molar-refractivity contribution is -0.907. The first kappa shape index (κ1) is 21.2. The first-order valence-corrected chi connectivity index (χ1v) is 11.4. The van der Waals surface area contributed by atoms with Crippen molar-refractivity contribution >= 4 is 15.9 Å². The lowest BCUT2D eigenvalue weighted by atomic mass is 10.1. The summed E-state index contributed by atoms with van der Waals surface area (Å²) in [7, 11) is -3.52. The molecule has 3 rings (SSSR count). The molecule has 0 radical (unpaired) electrons. The number of nitrogens with zero attached hydrogens (tertiary/aromatic N) is 2. The minimum atomic E-state index is -3.52. The number of rotatable bonds is 4. The molecule has 0 aromatic heterocycles. The molecule has 1 unspecified atom stereocenters. The molecule has 28 heavy (non-hydrogen) atoms. The summed E-state index contributed by atoms with van der Waals surface area (Å²) in [5, 5.41) is 0. The van der Waals surface area contributed by atoms with Crippen LogP contribution in [0.25, 0.3) is 0 Å². The highest BCUT2D eigenvalue weighted by atomic mass is 32.2. The van der Waals surface area contributed by atoms with Gasteiger partial charge in [0.1, 0.15) is 25.3 Å². The fraction of sp³-hybridized carbons (Fsp3) is 0.650. The van der Waals surface area contributed by atoms with E-state index in [1.165, 1.54) is 9.21 Å². The van der Waals surface area contributed by atoms with Crippen molar-refractivity contribution in [1.82, 2.24) is 9.21 Å². The average molecular weight is 411 g/mol. The van der Waals surface area contributed by atoms with E-state index in [-0.39, 0.29) is 18.1 Å². The molecule has 2 aliphatic heterocycles. The third-order valence-electron chi connectivity index (χ3n) is 5.73. The molecule has 3 atom stereocenters. The minimum Gasteiger partial charge on any atom is -0.364 e. The van der Waals surface area contributed by atoms with Crippen LogP contribution in [0.15, 0.2) is 23.1 Å². The highest BCUT2D eigenvalue weighted by molar-refractivity contribution is 7.89. The Morgan fingerprint density at radius 1 is 1.07 bits per heavy atom. The standard InChI is InChI=1S/C20H31N3O4S/c1-15-5-6-19(11-16(15)2)28(25,26)23-9-7-22(8-10-23)20(24)14-21-12-17(3)27-18(4)13-21/h5-6,11,17-18H,7-10,12-14H2,1-4H3/p+1/t17-,18+. The summed E-state index contributed by atoms with van der Waals surface area (Å²) >= 11 is 0. The van der Waals surface area contributed by atoms with Gasteiger partial charge in [0.25, 0.3) is 5.91 Å². The maximum absolute atomic E-state index is 12.9. The van der Waals surface area contributed by atoms with E-state index in [0.29, 0.717) is 37.6 Å². The Morgan fingerprint density at radius 3 is 2.25 bits per heavy atom. The lowest BCUT2D eigenvalue weighted by Gasteiger charge is -2.36. The summed E-state index contributed by atoms with van der Waals surface area (Å²) in [5.74, 6) is 0.0968. The van der Waals surface area contributed by atoms with E-state index in [0.717, 1.165) is 24.2 Å². The zero-order valence-corrected chi connectivity index (χ0v) is 18.1. The van der Waals surface area contributed by atoms with Gasteiger partial charge in [-0.15, -0.1) is 0 Å². The van der Waals surface area contributed by atoms with Gasteiger partial charge >= 0.3 is 0 Å². The second-order valence-electron chi connectivity index (χ2n) is 8.12. The summed E-state index contributed by atoms with van der Waals surface area (Å²) < 4.78 is 33.1. The van der Waals surface area contributed by atoms with Gasteiger partial charge in [0, 0.05) is 26.2 Å².